The molecule has 0 saturated carbocycles. The molecule has 0 spiro atoms. The van der Waals surface area contributed by atoms with Gasteiger partial charge in [0.1, 0.15) is 13.2 Å². The first-order valence-corrected chi connectivity index (χ1v) is 41.4. The third-order valence-electron chi connectivity index (χ3n) is 18.3. The quantitative estimate of drug-likeness (QED) is 0.0195. The number of aliphatic carboxylic acids is 1. The summed E-state index contributed by atoms with van der Waals surface area (Å²) in [5.74, 6) is -2.26. The minimum atomic E-state index is -1.62. The van der Waals surface area contributed by atoms with Crippen LogP contribution in [0.4, 0.5) is 0 Å². The average Bonchev–Trinajstić information content (AvgIpc) is 3.11. The number of nitrogens with zero attached hydrogens (tertiary/aromatic N) is 1. The van der Waals surface area contributed by atoms with Gasteiger partial charge in [0.2, 0.25) is 0 Å². The van der Waals surface area contributed by atoms with E-state index in [4.69, 9.17) is 18.9 Å². The molecule has 0 fully saturated rings. The molecule has 0 amide bonds. The molecular weight excluding hydrogens is 1200 g/mol. The SMILES string of the molecule is CC/C=C\C/C=C\C/C=C\C/C=C\C/C=C\C/C=C\C/C=C\CCCCCCCCCCCCCCCCCC(=O)OC(COC(=O)CCCCCCCCCCCCCCCCCCCCCCCCC/C=C\CCCCCCCCCC)COC(OCC[N+](C)(C)C)C(=O)[O-]. The number of carbonyl (C=O) groups excluding carboxylic acids is 3. The Morgan fingerprint density at radius 2 is 0.588 bits per heavy atom. The second kappa shape index (κ2) is 77.9. The largest absolute Gasteiger partial charge is 0.545 e. The summed E-state index contributed by atoms with van der Waals surface area (Å²) in [6, 6.07) is 0. The Hall–Kier alpha value is -3.79. The summed E-state index contributed by atoms with van der Waals surface area (Å²) in [4.78, 5) is 37.6. The van der Waals surface area contributed by atoms with Gasteiger partial charge in [0.15, 0.2) is 12.4 Å². The van der Waals surface area contributed by atoms with Crippen LogP contribution in [0.3, 0.4) is 0 Å². The van der Waals surface area contributed by atoms with E-state index in [1.807, 2.05) is 21.1 Å². The van der Waals surface area contributed by atoms with Crippen LogP contribution in [0.25, 0.3) is 0 Å². The van der Waals surface area contributed by atoms with Crippen molar-refractivity contribution in [3.63, 3.8) is 0 Å². The van der Waals surface area contributed by atoms with E-state index in [9.17, 15) is 19.5 Å². The summed E-state index contributed by atoms with van der Waals surface area (Å²) in [5.41, 5.74) is 0. The van der Waals surface area contributed by atoms with Gasteiger partial charge in [-0.05, 0) is 96.3 Å². The van der Waals surface area contributed by atoms with E-state index in [-0.39, 0.29) is 32.2 Å². The number of carboxylic acid groups (broad SMARTS) is 1. The number of likely N-dealkylation sites (N-methyl/N-ethyl adjacent to an activating group) is 1. The van der Waals surface area contributed by atoms with Crippen molar-refractivity contribution in [2.75, 3.05) is 47.5 Å². The molecule has 0 aliphatic carbocycles. The number of quaternary nitrogens is 1. The number of hydrogen-bond donors (Lipinski definition) is 0. The van der Waals surface area contributed by atoms with Crippen molar-refractivity contribution in [1.82, 2.24) is 0 Å². The lowest BCUT2D eigenvalue weighted by Gasteiger charge is -2.26. The fourth-order valence-electron chi connectivity index (χ4n) is 12.0. The molecule has 0 aromatic carbocycles. The Morgan fingerprint density at radius 1 is 0.320 bits per heavy atom. The van der Waals surface area contributed by atoms with Crippen LogP contribution in [0.2, 0.25) is 0 Å². The lowest BCUT2D eigenvalue weighted by Crippen LogP contribution is -2.44. The molecule has 97 heavy (non-hydrogen) atoms. The maximum atomic E-state index is 13.0. The van der Waals surface area contributed by atoms with Crippen LogP contribution < -0.4 is 5.11 Å². The molecule has 9 heteroatoms. The van der Waals surface area contributed by atoms with Gasteiger partial charge < -0.3 is 33.3 Å². The predicted octanol–water partition coefficient (Wildman–Crippen LogP) is 25.4. The Morgan fingerprint density at radius 3 is 0.887 bits per heavy atom. The molecular formula is C88H157NO8. The van der Waals surface area contributed by atoms with Crippen molar-refractivity contribution < 1.29 is 42.9 Å². The van der Waals surface area contributed by atoms with Gasteiger partial charge in [0, 0.05) is 12.8 Å². The Balaban J connectivity index is 4.00. The van der Waals surface area contributed by atoms with E-state index in [0.717, 1.165) is 83.5 Å². The summed E-state index contributed by atoms with van der Waals surface area (Å²) in [7, 11) is 5.95. The molecule has 0 aliphatic heterocycles. The van der Waals surface area contributed by atoms with E-state index in [0.29, 0.717) is 23.9 Å². The molecule has 2 atom stereocenters. The van der Waals surface area contributed by atoms with Crippen LogP contribution in [0.5, 0.6) is 0 Å². The number of esters is 2. The van der Waals surface area contributed by atoms with E-state index >= 15 is 0 Å². The first kappa shape index (κ1) is 93.2. The van der Waals surface area contributed by atoms with Gasteiger partial charge in [-0.2, -0.15) is 0 Å². The van der Waals surface area contributed by atoms with Gasteiger partial charge in [0.05, 0.1) is 40.3 Å². The second-order valence-electron chi connectivity index (χ2n) is 29.0. The van der Waals surface area contributed by atoms with Gasteiger partial charge in [-0.1, -0.05) is 374 Å². The Kier molecular flexibility index (Phi) is 74.9. The normalized spacial score (nSPS) is 13.1. The summed E-state index contributed by atoms with van der Waals surface area (Å²) in [6.45, 7) is 4.69. The fourth-order valence-corrected chi connectivity index (χ4v) is 12.0. The third kappa shape index (κ3) is 79.4. The van der Waals surface area contributed by atoms with Crippen LogP contribution in [-0.2, 0) is 33.3 Å². The average molecular weight is 1360 g/mol. The number of rotatable bonds is 77. The molecule has 0 aromatic rings. The number of carboxylic acids is 1. The first-order chi connectivity index (χ1) is 47.6. The molecule has 2 unspecified atom stereocenters. The minimum absolute atomic E-state index is 0.147. The zero-order valence-electron chi connectivity index (χ0n) is 64.4. The van der Waals surface area contributed by atoms with Gasteiger partial charge in [-0.15, -0.1) is 0 Å². The zero-order valence-corrected chi connectivity index (χ0v) is 64.4. The summed E-state index contributed by atoms with van der Waals surface area (Å²) >= 11 is 0. The molecule has 0 radical (unpaired) electrons. The lowest BCUT2D eigenvalue weighted by atomic mass is 10.0. The molecule has 0 heterocycles. The summed E-state index contributed by atoms with van der Waals surface area (Å²) in [6.07, 6.45) is 105. The van der Waals surface area contributed by atoms with E-state index in [1.165, 1.54) is 270 Å². The molecule has 0 saturated heterocycles. The van der Waals surface area contributed by atoms with Gasteiger partial charge in [-0.25, -0.2) is 0 Å². The Labute approximate surface area is 601 Å². The predicted molar refractivity (Wildman–Crippen MR) is 417 cm³/mol. The number of hydrogen-bond acceptors (Lipinski definition) is 8. The van der Waals surface area contributed by atoms with Crippen molar-refractivity contribution >= 4 is 17.9 Å². The van der Waals surface area contributed by atoms with Crippen LogP contribution in [0, 0.1) is 0 Å². The van der Waals surface area contributed by atoms with Crippen LogP contribution >= 0.6 is 0 Å². The van der Waals surface area contributed by atoms with Crippen molar-refractivity contribution in [2.45, 2.75) is 399 Å². The standard InChI is InChI=1S/C88H157NO8/c1-6-8-10-12-14-16-18-20-22-24-26-28-30-32-34-36-38-40-42-43-45-47-49-51-53-55-57-59-61-63-65-67-69-71-73-75-77-79-86(91)97-84(83-96-88(87(92)93)94-81-80-89(3,4)5)82-95-85(90)78-76-74-72-70-68-66-64-62-60-58-56-54-52-50-48-46-44-41-39-37-35-33-31-29-27-25-23-21-19-17-15-13-11-9-7-2/h8,10,14,16,20,22,25-28,32,34,38,40,43,45,84,88H,6-7,9,11-13,15,17-19,21,23-24,29-31,33,35-37,39,41-42,44,46-83H2,1-5H3/b10-8-,16-14-,22-20-,27-25-,28-26-,34-32-,40-38-,45-43-. The minimum Gasteiger partial charge on any atom is -0.545 e. The smallest absolute Gasteiger partial charge is 0.306 e. The highest BCUT2D eigenvalue weighted by atomic mass is 16.7. The monoisotopic (exact) mass is 1360 g/mol. The van der Waals surface area contributed by atoms with Crippen LogP contribution in [0.1, 0.15) is 386 Å². The number of ether oxygens (including phenoxy) is 4. The van der Waals surface area contributed by atoms with Gasteiger partial charge in [-0.3, -0.25) is 9.59 Å². The highest BCUT2D eigenvalue weighted by Gasteiger charge is 2.22. The molecule has 562 valence electrons. The lowest BCUT2D eigenvalue weighted by molar-refractivity contribution is -0.870. The van der Waals surface area contributed by atoms with Crippen LogP contribution in [-0.4, -0.2) is 82.3 Å². The van der Waals surface area contributed by atoms with Crippen molar-refractivity contribution in [3.8, 4) is 0 Å². The molecule has 0 rings (SSSR count). The van der Waals surface area contributed by atoms with E-state index in [1.54, 1.807) is 0 Å². The van der Waals surface area contributed by atoms with E-state index < -0.39 is 24.3 Å². The number of carbonyl (C=O) groups is 3. The summed E-state index contributed by atoms with van der Waals surface area (Å²) in [5, 5.41) is 11.9. The van der Waals surface area contributed by atoms with Gasteiger partial charge in [0.25, 0.3) is 0 Å². The molecule has 0 bridgehead atoms. The maximum absolute atomic E-state index is 13.0. The molecule has 0 aliphatic rings. The highest BCUT2D eigenvalue weighted by molar-refractivity contribution is 5.70. The topological polar surface area (TPSA) is 111 Å². The first-order valence-electron chi connectivity index (χ1n) is 41.4. The molecule has 9 nitrogen and oxygen atoms in total. The summed E-state index contributed by atoms with van der Waals surface area (Å²) < 4.78 is 22.9. The number of unbranched alkanes of at least 4 members (excludes halogenated alkanes) is 46. The van der Waals surface area contributed by atoms with Gasteiger partial charge >= 0.3 is 11.9 Å². The van der Waals surface area contributed by atoms with Crippen molar-refractivity contribution in [2.24, 2.45) is 0 Å². The zero-order chi connectivity index (χ0) is 70.4. The number of allylic oxidation sites excluding steroid dienone is 16. The second-order valence-corrected chi connectivity index (χ2v) is 29.0. The highest BCUT2D eigenvalue weighted by Crippen LogP contribution is 2.19. The van der Waals surface area contributed by atoms with Crippen molar-refractivity contribution in [3.05, 3.63) is 97.2 Å². The fraction of sp³-hybridized carbons (Fsp3) is 0.784. The molecule has 0 N–H and O–H groups in total. The third-order valence-corrected chi connectivity index (χ3v) is 18.3. The molecule has 0 aromatic heterocycles. The maximum Gasteiger partial charge on any atom is 0.306 e. The van der Waals surface area contributed by atoms with E-state index in [2.05, 4.69) is 111 Å². The van der Waals surface area contributed by atoms with Crippen molar-refractivity contribution in [1.29, 1.82) is 0 Å². The van der Waals surface area contributed by atoms with Crippen LogP contribution in [0.15, 0.2) is 97.2 Å². The Bertz CT molecular complexity index is 1920.